The molecule has 8 N–H and O–H groups in total. The van der Waals surface area contributed by atoms with Gasteiger partial charge in [-0.15, -0.1) is 6.42 Å². The first-order chi connectivity index (χ1) is 34.5. The van der Waals surface area contributed by atoms with Crippen molar-refractivity contribution in [1.29, 1.82) is 0 Å². The van der Waals surface area contributed by atoms with Crippen LogP contribution in [-0.4, -0.2) is 151 Å². The number of nitrogens with two attached hydrogens (primary N) is 1. The number of carboxylic acid groups (broad SMARTS) is 1. The molecule has 0 radical (unpaired) electrons. The van der Waals surface area contributed by atoms with E-state index in [4.69, 9.17) is 55.8 Å². The largest absolute Gasteiger partial charge is 0.492 e. The van der Waals surface area contributed by atoms with E-state index in [1.165, 1.54) is 0 Å². The molecule has 1 rings (SSSR count). The van der Waals surface area contributed by atoms with Crippen molar-refractivity contribution in [2.45, 2.75) is 108 Å². The van der Waals surface area contributed by atoms with Crippen LogP contribution in [0, 0.1) is 12.3 Å². The van der Waals surface area contributed by atoms with Crippen molar-refractivity contribution >= 4 is 35.5 Å². The second-order valence-electron chi connectivity index (χ2n) is 13.6. The first-order valence-corrected chi connectivity index (χ1v) is 24.6. The molecular weight excluding hydrogens is 913 g/mol. The molecule has 0 saturated carbocycles. The van der Waals surface area contributed by atoms with E-state index in [1.54, 1.807) is 31.2 Å². The molecule has 1 aromatic carbocycles. The summed E-state index contributed by atoms with van der Waals surface area (Å²) in [5.41, 5.74) is 8.84. The van der Waals surface area contributed by atoms with E-state index in [-0.39, 0.29) is 24.0 Å². The molecule has 0 atom stereocenters. The van der Waals surface area contributed by atoms with Gasteiger partial charge in [-0.25, -0.2) is 4.99 Å². The number of anilines is 1. The standard InChI is InChI=1S/C28H41N5O4.C16H29NO7.C4H8.2C2H6.CH4O/c1-5-7-9-12-24(33-26(20(3)11-8-6-2)28(37)32-21(4)29)19-31-23-16-14-22(15-17-23)27(36)30-18-10-13-25(34)35;1-2-4-19-6-8-21-10-12-23-14-15-24-13-11-22-9-7-20-5-3-17-16-18;1-3-4-2;3*1-2/h9,11-12,14-17,31,37H,5-8,10,13,18-19H2,1-4H3,(H2,29,32)(H,30,36)(H,34,35);1,16H,3-15H2,(H,17,18);3-4H,1-2H3;2*1-2H3;2H,1H3/b12-9+,20-11+,28-26-,33-24-;;4-3-;;;. The second kappa shape index (κ2) is 62.6. The average molecular weight is 1010 g/mol. The number of hydrogen-bond donors (Lipinski definition) is 7. The summed E-state index contributed by atoms with van der Waals surface area (Å²) < 4.78 is 31.6. The highest BCUT2D eigenvalue weighted by Crippen LogP contribution is 2.18. The van der Waals surface area contributed by atoms with Crippen LogP contribution < -0.4 is 21.7 Å². The molecule has 71 heavy (non-hydrogen) atoms. The van der Waals surface area contributed by atoms with E-state index in [9.17, 15) is 19.5 Å². The lowest BCUT2D eigenvalue weighted by Gasteiger charge is -2.11. The van der Waals surface area contributed by atoms with Gasteiger partial charge in [0.15, 0.2) is 0 Å². The molecule has 0 spiro atoms. The van der Waals surface area contributed by atoms with E-state index in [0.29, 0.717) is 129 Å². The number of rotatable bonds is 36. The smallest absolute Gasteiger partial charge is 0.303 e. The predicted octanol–water partition coefficient (Wildman–Crippen LogP) is 8.05. The number of nitrogens with one attached hydrogen (secondary N) is 3. The van der Waals surface area contributed by atoms with E-state index in [2.05, 4.69) is 40.7 Å². The molecule has 408 valence electrons. The number of carbonyl (C=O) groups is 3. The first-order valence-electron chi connectivity index (χ1n) is 24.6. The van der Waals surface area contributed by atoms with Gasteiger partial charge in [-0.1, -0.05) is 84.6 Å². The van der Waals surface area contributed by atoms with Crippen molar-refractivity contribution in [3.8, 4) is 12.3 Å². The Labute approximate surface area is 427 Å². The maximum absolute atomic E-state index is 12.3. The van der Waals surface area contributed by atoms with Gasteiger partial charge in [0, 0.05) is 37.9 Å². The number of benzene rings is 1. The van der Waals surface area contributed by atoms with Crippen molar-refractivity contribution in [3.05, 3.63) is 77.4 Å². The Kier molecular flexibility index (Phi) is 65.8. The third kappa shape index (κ3) is 55.4. The van der Waals surface area contributed by atoms with Crippen molar-refractivity contribution < 1.29 is 58.1 Å². The second-order valence-corrected chi connectivity index (χ2v) is 13.6. The summed E-state index contributed by atoms with van der Waals surface area (Å²) in [4.78, 5) is 41.5. The monoisotopic (exact) mass is 1010 g/mol. The molecule has 2 amide bonds. The van der Waals surface area contributed by atoms with Gasteiger partial charge in [0.1, 0.15) is 12.3 Å². The molecule has 0 saturated heterocycles. The zero-order valence-corrected chi connectivity index (χ0v) is 45.2. The van der Waals surface area contributed by atoms with Crippen LogP contribution in [0.5, 0.6) is 0 Å². The molecular formula is C53H94N6O12. The van der Waals surface area contributed by atoms with Gasteiger partial charge < -0.3 is 65.4 Å². The van der Waals surface area contributed by atoms with Gasteiger partial charge in [0.2, 0.25) is 12.3 Å². The zero-order valence-electron chi connectivity index (χ0n) is 45.2. The SMILES string of the molecule is C#CCOCCOCCOCCOCCOCCOCCNC=O.C/C=C\C.CC.CC.CCC/C=C/C(CNc1ccc(C(=O)NCCCC(=O)O)cc1)=N/C(=C(O)/N=C(\C)N)C(/C)=C/CCC.CO. The van der Waals surface area contributed by atoms with Gasteiger partial charge in [-0.2, -0.15) is 4.99 Å². The minimum Gasteiger partial charge on any atom is -0.492 e. The summed E-state index contributed by atoms with van der Waals surface area (Å²) >= 11 is 0. The summed E-state index contributed by atoms with van der Waals surface area (Å²) in [7, 11) is 1.00. The summed E-state index contributed by atoms with van der Waals surface area (Å²) in [5, 5.41) is 34.8. The van der Waals surface area contributed by atoms with E-state index in [0.717, 1.165) is 44.1 Å². The number of aliphatic hydroxyl groups excluding tert-OH is 2. The molecule has 0 aliphatic rings. The lowest BCUT2D eigenvalue weighted by Crippen LogP contribution is -2.24. The predicted molar refractivity (Wildman–Crippen MR) is 290 cm³/mol. The van der Waals surface area contributed by atoms with Crippen LogP contribution in [0.1, 0.15) is 118 Å². The topological polar surface area (TPSA) is 254 Å². The number of aliphatic imine (C=N–C) groups is 2. The van der Waals surface area contributed by atoms with Crippen molar-refractivity contribution in [1.82, 2.24) is 10.6 Å². The molecule has 1 aromatic rings. The van der Waals surface area contributed by atoms with Crippen LogP contribution in [-0.2, 0) is 38.0 Å². The highest BCUT2D eigenvalue weighted by atomic mass is 16.6. The number of ether oxygens (including phenoxy) is 6. The third-order valence-corrected chi connectivity index (χ3v) is 7.95. The van der Waals surface area contributed by atoms with Crippen LogP contribution in [0.4, 0.5) is 5.69 Å². The number of unbranched alkanes of at least 4 members (excludes halogenated alkanes) is 2. The third-order valence-electron chi connectivity index (χ3n) is 7.95. The van der Waals surface area contributed by atoms with Crippen LogP contribution in [0.2, 0.25) is 0 Å². The number of aliphatic carboxylic acids is 1. The fourth-order valence-electron chi connectivity index (χ4n) is 4.55. The summed E-state index contributed by atoms with van der Waals surface area (Å²) in [6, 6.07) is 6.99. The van der Waals surface area contributed by atoms with Gasteiger partial charge in [0.05, 0.1) is 90.8 Å². The van der Waals surface area contributed by atoms with Crippen LogP contribution in [0.15, 0.2) is 81.8 Å². The lowest BCUT2D eigenvalue weighted by molar-refractivity contribution is -0.137. The summed E-state index contributed by atoms with van der Waals surface area (Å²) in [5.74, 6) is 1.25. The van der Waals surface area contributed by atoms with E-state index >= 15 is 0 Å². The van der Waals surface area contributed by atoms with Crippen LogP contribution in [0.3, 0.4) is 0 Å². The molecule has 18 heteroatoms. The minimum atomic E-state index is -0.885. The lowest BCUT2D eigenvalue weighted by atomic mass is 10.1. The van der Waals surface area contributed by atoms with Crippen molar-refractivity contribution in [2.24, 2.45) is 15.7 Å². The maximum atomic E-state index is 12.3. The molecule has 0 bridgehead atoms. The number of amides is 2. The molecule has 0 aliphatic heterocycles. The zero-order chi connectivity index (χ0) is 54.6. The minimum absolute atomic E-state index is 0.0144. The normalized spacial score (nSPS) is 11.3. The molecule has 18 nitrogen and oxygen atoms in total. The number of amidine groups is 1. The van der Waals surface area contributed by atoms with E-state index < -0.39 is 5.97 Å². The van der Waals surface area contributed by atoms with Gasteiger partial charge in [-0.05, 0) is 82.9 Å². The Balaban J connectivity index is -0.000000366. The molecule has 0 fully saturated rings. The van der Waals surface area contributed by atoms with Crippen molar-refractivity contribution in [3.63, 3.8) is 0 Å². The van der Waals surface area contributed by atoms with Gasteiger partial charge >= 0.3 is 5.97 Å². The average Bonchev–Trinajstić information content (AvgIpc) is 3.38. The number of terminal acetylenes is 1. The Morgan fingerprint density at radius 3 is 1.68 bits per heavy atom. The quantitative estimate of drug-likeness (QED) is 0.00491. The van der Waals surface area contributed by atoms with Crippen molar-refractivity contribution in [2.75, 3.05) is 111 Å². The fourth-order valence-corrected chi connectivity index (χ4v) is 4.55. The molecule has 0 aromatic heterocycles. The Hall–Kier alpha value is -5.39. The maximum Gasteiger partial charge on any atom is 0.303 e. The summed E-state index contributed by atoms with van der Waals surface area (Å²) in [6.45, 7) is 26.8. The molecule has 0 unspecified atom stereocenters. The number of hydrogen-bond acceptors (Lipinski definition) is 14. The summed E-state index contributed by atoms with van der Waals surface area (Å²) in [6.07, 6.45) is 19.8. The van der Waals surface area contributed by atoms with E-state index in [1.807, 2.05) is 78.8 Å². The number of nitrogens with zero attached hydrogens (tertiary/aromatic N) is 2. The fraction of sp³-hybridized carbons (Fsp3) is 0.604. The number of carbonyl (C=O) groups excluding carboxylic acids is 2. The van der Waals surface area contributed by atoms with Crippen LogP contribution in [0.25, 0.3) is 0 Å². The molecule has 0 heterocycles. The van der Waals surface area contributed by atoms with Gasteiger partial charge in [-0.3, -0.25) is 14.4 Å². The molecule has 0 aliphatic carbocycles. The highest BCUT2D eigenvalue weighted by molar-refractivity contribution is 5.99. The highest BCUT2D eigenvalue weighted by Gasteiger charge is 2.10. The number of allylic oxidation sites excluding steroid dienone is 5. The Morgan fingerprint density at radius 2 is 1.24 bits per heavy atom. The number of carboxylic acids is 1. The van der Waals surface area contributed by atoms with Gasteiger partial charge in [0.25, 0.3) is 5.91 Å². The van der Waals surface area contributed by atoms with Crippen LogP contribution >= 0.6 is 0 Å². The number of aliphatic hydroxyl groups is 2. The Morgan fingerprint density at radius 1 is 0.746 bits per heavy atom. The Bertz CT molecular complexity index is 1600. The first kappa shape index (κ1) is 74.6.